The minimum atomic E-state index is -1.16. The molecular formula is C25H39N3O4Si. The van der Waals surface area contributed by atoms with Crippen LogP contribution in [0.25, 0.3) is 0 Å². The maximum Gasteiger partial charge on any atom is 0.255 e. The van der Waals surface area contributed by atoms with Crippen molar-refractivity contribution in [3.8, 4) is 0 Å². The number of carbonyl (C=O) groups excluding carboxylic acids is 2. The number of piperidine rings is 2. The van der Waals surface area contributed by atoms with Gasteiger partial charge in [-0.3, -0.25) is 9.59 Å². The molecule has 1 atom stereocenters. The van der Waals surface area contributed by atoms with Crippen LogP contribution in [0, 0.1) is 5.92 Å². The van der Waals surface area contributed by atoms with Crippen LogP contribution < -0.4 is 4.90 Å². The molecule has 0 aromatic heterocycles. The Morgan fingerprint density at radius 2 is 1.85 bits per heavy atom. The number of anilines is 1. The summed E-state index contributed by atoms with van der Waals surface area (Å²) in [7, 11) is -1.16. The molecule has 0 spiro atoms. The molecule has 2 amide bonds. The highest BCUT2D eigenvalue weighted by molar-refractivity contribution is 6.76. The van der Waals surface area contributed by atoms with Gasteiger partial charge in [-0.25, -0.2) is 0 Å². The third-order valence-electron chi connectivity index (χ3n) is 7.28. The second-order valence-electron chi connectivity index (χ2n) is 11.0. The highest BCUT2D eigenvalue weighted by Crippen LogP contribution is 2.32. The van der Waals surface area contributed by atoms with Crippen LogP contribution in [-0.4, -0.2) is 80.4 Å². The summed E-state index contributed by atoms with van der Waals surface area (Å²) >= 11 is 0. The van der Waals surface area contributed by atoms with Crippen LogP contribution in [0.2, 0.25) is 25.7 Å². The zero-order valence-corrected chi connectivity index (χ0v) is 21.4. The van der Waals surface area contributed by atoms with E-state index in [2.05, 4.69) is 30.6 Å². The minimum absolute atomic E-state index is 0.0155. The lowest BCUT2D eigenvalue weighted by Gasteiger charge is -2.36. The van der Waals surface area contributed by atoms with E-state index in [0.717, 1.165) is 55.2 Å². The van der Waals surface area contributed by atoms with E-state index in [-0.39, 0.29) is 18.4 Å². The Hall–Kier alpha value is -1.90. The molecule has 2 saturated heterocycles. The molecule has 3 aliphatic heterocycles. The van der Waals surface area contributed by atoms with Gasteiger partial charge in [0.1, 0.15) is 12.8 Å². The largest absolute Gasteiger partial charge is 0.396 e. The monoisotopic (exact) mass is 473 g/mol. The lowest BCUT2D eigenvalue weighted by molar-refractivity contribution is -0.145. The van der Waals surface area contributed by atoms with Crippen LogP contribution in [0.1, 0.15) is 41.6 Å². The molecule has 3 heterocycles. The van der Waals surface area contributed by atoms with E-state index in [1.54, 1.807) is 9.80 Å². The third-order valence-corrected chi connectivity index (χ3v) is 8.98. The van der Waals surface area contributed by atoms with Gasteiger partial charge in [0.15, 0.2) is 0 Å². The molecule has 1 aromatic carbocycles. The van der Waals surface area contributed by atoms with Crippen LogP contribution in [0.3, 0.4) is 0 Å². The zero-order chi connectivity index (χ0) is 23.6. The molecule has 182 valence electrons. The van der Waals surface area contributed by atoms with Gasteiger partial charge in [0.25, 0.3) is 5.91 Å². The van der Waals surface area contributed by atoms with Crippen molar-refractivity contribution in [2.75, 3.05) is 44.5 Å². The van der Waals surface area contributed by atoms with Gasteiger partial charge in [0, 0.05) is 58.7 Å². The summed E-state index contributed by atoms with van der Waals surface area (Å²) in [5.74, 6) is 0.379. The number of fused-ring (bicyclic) bond motifs is 1. The first kappa shape index (κ1) is 24.2. The van der Waals surface area contributed by atoms with E-state index in [4.69, 9.17) is 4.74 Å². The van der Waals surface area contributed by atoms with Gasteiger partial charge in [0.05, 0.1) is 0 Å². The van der Waals surface area contributed by atoms with Gasteiger partial charge < -0.3 is 24.5 Å². The molecule has 0 bridgehead atoms. The Labute approximate surface area is 198 Å². The molecule has 2 fully saturated rings. The first-order chi connectivity index (χ1) is 15.8. The normalized spacial score (nSPS) is 22.3. The summed E-state index contributed by atoms with van der Waals surface area (Å²) in [5, 5.41) is 9.39. The van der Waals surface area contributed by atoms with Gasteiger partial charge in [-0.2, -0.15) is 0 Å². The number of aliphatic hydroxyl groups is 1. The third kappa shape index (κ3) is 5.61. The Morgan fingerprint density at radius 1 is 1.09 bits per heavy atom. The Balaban J connectivity index is 1.37. The van der Waals surface area contributed by atoms with Crippen molar-refractivity contribution in [3.63, 3.8) is 0 Å². The smallest absolute Gasteiger partial charge is 0.255 e. The number of benzene rings is 1. The summed E-state index contributed by atoms with van der Waals surface area (Å²) in [6.07, 6.45) is 3.58. The Kier molecular flexibility index (Phi) is 7.45. The number of rotatable bonds is 8. The second kappa shape index (κ2) is 10.2. The fourth-order valence-electron chi connectivity index (χ4n) is 5.04. The van der Waals surface area contributed by atoms with Gasteiger partial charge in [-0.1, -0.05) is 19.6 Å². The molecule has 0 aliphatic carbocycles. The molecule has 3 aliphatic rings. The molecule has 0 radical (unpaired) electrons. The molecule has 1 unspecified atom stereocenters. The minimum Gasteiger partial charge on any atom is -0.396 e. The fourth-order valence-corrected chi connectivity index (χ4v) is 5.80. The standard InChI is InChI=1S/C25H39N3O4Si/c1-33(2,3)14-13-32-18-27-10-4-5-23(25(27)31)28-16-20-15-21(6-7-22(20)24(28)30)26-11-8-19(17-29)9-12-26/h6-7,15,19,23,29H,4-5,8-14,16-18H2,1-3H3. The van der Waals surface area contributed by atoms with E-state index in [1.165, 1.54) is 0 Å². The maximum atomic E-state index is 13.2. The molecule has 8 heteroatoms. The van der Waals surface area contributed by atoms with Crippen molar-refractivity contribution in [3.05, 3.63) is 29.3 Å². The highest BCUT2D eigenvalue weighted by Gasteiger charge is 2.40. The van der Waals surface area contributed by atoms with Gasteiger partial charge in [-0.15, -0.1) is 0 Å². The van der Waals surface area contributed by atoms with Crippen LogP contribution >= 0.6 is 0 Å². The number of amides is 2. The number of likely N-dealkylation sites (tertiary alicyclic amines) is 1. The van der Waals surface area contributed by atoms with Gasteiger partial charge in [0.2, 0.25) is 5.91 Å². The average molecular weight is 474 g/mol. The zero-order valence-electron chi connectivity index (χ0n) is 20.4. The molecule has 4 rings (SSSR count). The first-order valence-corrected chi connectivity index (χ1v) is 16.1. The number of carbonyl (C=O) groups is 2. The van der Waals surface area contributed by atoms with E-state index in [9.17, 15) is 14.7 Å². The van der Waals surface area contributed by atoms with Gasteiger partial charge >= 0.3 is 0 Å². The SMILES string of the molecule is C[Si](C)(C)CCOCN1CCCC(N2Cc3cc(N4CCC(CO)CC4)ccc3C2=O)C1=O. The van der Waals surface area contributed by atoms with E-state index in [0.29, 0.717) is 38.8 Å². The molecule has 0 saturated carbocycles. The highest BCUT2D eigenvalue weighted by atomic mass is 28.3. The average Bonchev–Trinajstić information content (AvgIpc) is 3.12. The number of ether oxygens (including phenoxy) is 1. The Morgan fingerprint density at radius 3 is 2.55 bits per heavy atom. The van der Waals surface area contributed by atoms with Crippen LogP contribution in [0.4, 0.5) is 5.69 Å². The molecule has 33 heavy (non-hydrogen) atoms. The van der Waals surface area contributed by atoms with Crippen molar-refractivity contribution < 1.29 is 19.4 Å². The summed E-state index contributed by atoms with van der Waals surface area (Å²) in [6, 6.07) is 6.76. The molecule has 1 N–H and O–H groups in total. The van der Waals surface area contributed by atoms with Crippen LogP contribution in [0.5, 0.6) is 0 Å². The fraction of sp³-hybridized carbons (Fsp3) is 0.680. The molecular weight excluding hydrogens is 434 g/mol. The lowest BCUT2D eigenvalue weighted by atomic mass is 9.97. The quantitative estimate of drug-likeness (QED) is 0.464. The van der Waals surface area contributed by atoms with Crippen molar-refractivity contribution in [1.82, 2.24) is 9.80 Å². The molecule has 1 aromatic rings. The first-order valence-electron chi connectivity index (χ1n) is 12.4. The number of aliphatic hydroxyl groups excluding tert-OH is 1. The van der Waals surface area contributed by atoms with Gasteiger partial charge in [-0.05, 0) is 61.4 Å². The Bertz CT molecular complexity index is 864. The van der Waals surface area contributed by atoms with E-state index < -0.39 is 14.1 Å². The summed E-state index contributed by atoms with van der Waals surface area (Å²) in [5.41, 5.74) is 2.87. The topological polar surface area (TPSA) is 73.3 Å². The predicted octanol–water partition coefficient (Wildman–Crippen LogP) is 3.15. The number of hydrogen-bond donors (Lipinski definition) is 1. The lowest BCUT2D eigenvalue weighted by Crippen LogP contribution is -2.53. The number of hydrogen-bond acceptors (Lipinski definition) is 5. The summed E-state index contributed by atoms with van der Waals surface area (Å²) in [4.78, 5) is 32.3. The van der Waals surface area contributed by atoms with Crippen molar-refractivity contribution in [2.45, 2.75) is 64.0 Å². The van der Waals surface area contributed by atoms with Crippen LogP contribution in [0.15, 0.2) is 18.2 Å². The molecule has 7 nitrogen and oxygen atoms in total. The van der Waals surface area contributed by atoms with Crippen molar-refractivity contribution >= 4 is 25.6 Å². The predicted molar refractivity (Wildman–Crippen MR) is 132 cm³/mol. The van der Waals surface area contributed by atoms with Crippen LogP contribution in [-0.2, 0) is 16.1 Å². The maximum absolute atomic E-state index is 13.2. The van der Waals surface area contributed by atoms with Crippen molar-refractivity contribution in [1.29, 1.82) is 0 Å². The summed E-state index contributed by atoms with van der Waals surface area (Å²) in [6.45, 7) is 11.3. The summed E-state index contributed by atoms with van der Waals surface area (Å²) < 4.78 is 5.83. The van der Waals surface area contributed by atoms with Crippen molar-refractivity contribution in [2.24, 2.45) is 5.92 Å². The second-order valence-corrected chi connectivity index (χ2v) is 16.6. The van der Waals surface area contributed by atoms with E-state index in [1.807, 2.05) is 12.1 Å². The van der Waals surface area contributed by atoms with E-state index >= 15 is 0 Å². The number of nitrogens with zero attached hydrogens (tertiary/aromatic N) is 3.